The maximum Gasteiger partial charge on any atom is 0.151 e. The molecule has 4 nitrogen and oxygen atoms in total. The number of anilines is 1. The topological polar surface area (TPSA) is 63.4 Å². The summed E-state index contributed by atoms with van der Waals surface area (Å²) in [6, 6.07) is 8.24. The lowest BCUT2D eigenvalue weighted by atomic mass is 9.98. The van der Waals surface area contributed by atoms with Crippen molar-refractivity contribution >= 4 is 15.5 Å². The molecule has 19 heavy (non-hydrogen) atoms. The molecule has 106 valence electrons. The van der Waals surface area contributed by atoms with Gasteiger partial charge >= 0.3 is 0 Å². The maximum absolute atomic E-state index is 11.6. The molecule has 2 N–H and O–H groups in total. The van der Waals surface area contributed by atoms with Crippen molar-refractivity contribution in [1.82, 2.24) is 0 Å². The predicted octanol–water partition coefficient (Wildman–Crippen LogP) is 1.37. The van der Waals surface area contributed by atoms with Crippen molar-refractivity contribution in [1.29, 1.82) is 0 Å². The Labute approximate surface area is 115 Å². The number of nitrogens with two attached hydrogens (primary N) is 1. The van der Waals surface area contributed by atoms with Crippen LogP contribution in [0.2, 0.25) is 0 Å². The summed E-state index contributed by atoms with van der Waals surface area (Å²) in [6.07, 6.45) is 0.952. The second-order valence-corrected chi connectivity index (χ2v) is 7.49. The van der Waals surface area contributed by atoms with E-state index in [0.717, 1.165) is 13.0 Å². The van der Waals surface area contributed by atoms with Gasteiger partial charge in [-0.1, -0.05) is 25.1 Å². The fourth-order valence-corrected chi connectivity index (χ4v) is 3.42. The van der Waals surface area contributed by atoms with Crippen molar-refractivity contribution in [2.24, 2.45) is 5.73 Å². The molecule has 1 heterocycles. The van der Waals surface area contributed by atoms with Crippen LogP contribution in [0, 0.1) is 0 Å². The van der Waals surface area contributed by atoms with Crippen LogP contribution < -0.4 is 10.6 Å². The summed E-state index contributed by atoms with van der Waals surface area (Å²) in [5.41, 5.74) is 8.14. The van der Waals surface area contributed by atoms with E-state index in [2.05, 4.69) is 17.0 Å². The van der Waals surface area contributed by atoms with Gasteiger partial charge in [0.25, 0.3) is 0 Å². The average Bonchev–Trinajstić information content (AvgIpc) is 2.76. The molecule has 1 aliphatic rings. The largest absolute Gasteiger partial charge is 0.370 e. The minimum atomic E-state index is -2.91. The van der Waals surface area contributed by atoms with Gasteiger partial charge in [0.15, 0.2) is 9.84 Å². The fourth-order valence-electron chi connectivity index (χ4n) is 2.64. The number of hydrogen-bond donors (Lipinski definition) is 1. The molecule has 0 bridgehead atoms. The Morgan fingerprint density at radius 3 is 2.79 bits per heavy atom. The van der Waals surface area contributed by atoms with Crippen LogP contribution in [0.3, 0.4) is 0 Å². The first-order valence-electron chi connectivity index (χ1n) is 6.81. The molecule has 0 radical (unpaired) electrons. The van der Waals surface area contributed by atoms with Crippen molar-refractivity contribution in [3.8, 4) is 0 Å². The van der Waals surface area contributed by atoms with Crippen molar-refractivity contribution in [3.63, 3.8) is 0 Å². The lowest BCUT2D eigenvalue weighted by Gasteiger charge is -2.19. The normalized spacial score (nSPS) is 18.6. The third-order valence-corrected chi connectivity index (χ3v) is 5.47. The van der Waals surface area contributed by atoms with Crippen LogP contribution in [0.25, 0.3) is 0 Å². The first-order valence-corrected chi connectivity index (χ1v) is 8.64. The third-order valence-electron chi connectivity index (χ3n) is 3.79. The van der Waals surface area contributed by atoms with Gasteiger partial charge in [0.05, 0.1) is 5.75 Å². The van der Waals surface area contributed by atoms with Gasteiger partial charge in [0.1, 0.15) is 0 Å². The van der Waals surface area contributed by atoms with Gasteiger partial charge in [-0.3, -0.25) is 0 Å². The Morgan fingerprint density at radius 1 is 1.37 bits per heavy atom. The molecule has 5 heteroatoms. The minimum absolute atomic E-state index is 0.217. The Balaban J connectivity index is 2.12. The number of hydrogen-bond acceptors (Lipinski definition) is 4. The molecule has 0 fully saturated rings. The molecule has 2 rings (SSSR count). The molecule has 0 aliphatic carbocycles. The van der Waals surface area contributed by atoms with E-state index in [0.29, 0.717) is 19.0 Å². The van der Waals surface area contributed by atoms with Crippen LogP contribution in [-0.4, -0.2) is 39.6 Å². The van der Waals surface area contributed by atoms with E-state index in [1.807, 2.05) is 12.1 Å². The quantitative estimate of drug-likeness (QED) is 0.856. The number of benzene rings is 1. The van der Waals surface area contributed by atoms with Gasteiger partial charge < -0.3 is 10.6 Å². The summed E-state index contributed by atoms with van der Waals surface area (Å²) in [7, 11) is -2.91. The number of nitrogens with zero attached hydrogens (tertiary/aromatic N) is 1. The standard InChI is InChI=1S/C14H22N2O2S/c1-2-19(17,18)10-9-16-11-12(7-8-15)13-5-3-4-6-14(13)16/h3-6,12H,2,7-11,15H2,1H3. The maximum atomic E-state index is 11.6. The smallest absolute Gasteiger partial charge is 0.151 e. The van der Waals surface area contributed by atoms with Crippen LogP contribution in [0.4, 0.5) is 5.69 Å². The highest BCUT2D eigenvalue weighted by molar-refractivity contribution is 7.91. The van der Waals surface area contributed by atoms with E-state index in [4.69, 9.17) is 5.73 Å². The zero-order valence-electron chi connectivity index (χ0n) is 11.4. The van der Waals surface area contributed by atoms with E-state index >= 15 is 0 Å². The van der Waals surface area contributed by atoms with Gasteiger partial charge in [0.2, 0.25) is 0 Å². The lowest BCUT2D eigenvalue weighted by molar-refractivity contribution is 0.594. The molecule has 1 atom stereocenters. The summed E-state index contributed by atoms with van der Waals surface area (Å²) in [6.45, 7) is 3.83. The SMILES string of the molecule is CCS(=O)(=O)CCN1CC(CCN)c2ccccc21. The fraction of sp³-hybridized carbons (Fsp3) is 0.571. The van der Waals surface area contributed by atoms with E-state index in [-0.39, 0.29) is 11.5 Å². The average molecular weight is 282 g/mol. The van der Waals surface area contributed by atoms with Gasteiger partial charge in [-0.25, -0.2) is 8.42 Å². The molecular weight excluding hydrogens is 260 g/mol. The first kappa shape index (κ1) is 14.3. The molecule has 0 saturated heterocycles. The Morgan fingerprint density at radius 2 is 2.11 bits per heavy atom. The first-order chi connectivity index (χ1) is 9.07. The molecule has 0 aromatic heterocycles. The highest BCUT2D eigenvalue weighted by atomic mass is 32.2. The molecule has 1 aliphatic heterocycles. The number of para-hydroxylation sites is 1. The van der Waals surface area contributed by atoms with E-state index in [1.165, 1.54) is 11.3 Å². The summed E-state index contributed by atoms with van der Waals surface area (Å²) >= 11 is 0. The van der Waals surface area contributed by atoms with Gasteiger partial charge in [-0.05, 0) is 24.6 Å². The van der Waals surface area contributed by atoms with E-state index in [9.17, 15) is 8.42 Å². The number of rotatable bonds is 6. The second-order valence-electron chi connectivity index (χ2n) is 5.02. The molecule has 0 spiro atoms. The second kappa shape index (κ2) is 5.92. The molecular formula is C14H22N2O2S. The van der Waals surface area contributed by atoms with Gasteiger partial charge in [-0.15, -0.1) is 0 Å². The molecule has 1 unspecified atom stereocenters. The zero-order valence-corrected chi connectivity index (χ0v) is 12.2. The Bertz CT molecular complexity index is 528. The molecule has 1 aromatic carbocycles. The van der Waals surface area contributed by atoms with Crippen molar-refractivity contribution < 1.29 is 8.42 Å². The number of fused-ring (bicyclic) bond motifs is 1. The molecule has 1 aromatic rings. The van der Waals surface area contributed by atoms with E-state index < -0.39 is 9.84 Å². The molecule has 0 saturated carbocycles. The highest BCUT2D eigenvalue weighted by Gasteiger charge is 2.28. The van der Waals surface area contributed by atoms with Gasteiger partial charge in [-0.2, -0.15) is 0 Å². The third kappa shape index (κ3) is 3.28. The summed E-state index contributed by atoms with van der Waals surface area (Å²) in [4.78, 5) is 2.18. The Kier molecular flexibility index (Phi) is 4.47. The van der Waals surface area contributed by atoms with Crippen LogP contribution >= 0.6 is 0 Å². The summed E-state index contributed by atoms with van der Waals surface area (Å²) < 4.78 is 23.3. The van der Waals surface area contributed by atoms with Crippen molar-refractivity contribution in [3.05, 3.63) is 29.8 Å². The van der Waals surface area contributed by atoms with Crippen LogP contribution in [0.15, 0.2) is 24.3 Å². The van der Waals surface area contributed by atoms with Crippen LogP contribution in [0.5, 0.6) is 0 Å². The monoisotopic (exact) mass is 282 g/mol. The molecule has 0 amide bonds. The Hall–Kier alpha value is -1.07. The predicted molar refractivity (Wildman–Crippen MR) is 79.4 cm³/mol. The van der Waals surface area contributed by atoms with Crippen LogP contribution in [-0.2, 0) is 9.84 Å². The van der Waals surface area contributed by atoms with Crippen molar-refractivity contribution in [2.75, 3.05) is 36.0 Å². The lowest BCUT2D eigenvalue weighted by Crippen LogP contribution is -2.29. The summed E-state index contributed by atoms with van der Waals surface area (Å²) in [5, 5.41) is 0. The minimum Gasteiger partial charge on any atom is -0.370 e. The zero-order chi connectivity index (χ0) is 13.9. The summed E-state index contributed by atoms with van der Waals surface area (Å²) in [5.74, 6) is 0.882. The highest BCUT2D eigenvalue weighted by Crippen LogP contribution is 2.37. The van der Waals surface area contributed by atoms with Crippen LogP contribution in [0.1, 0.15) is 24.8 Å². The number of sulfone groups is 1. The van der Waals surface area contributed by atoms with E-state index in [1.54, 1.807) is 6.92 Å². The van der Waals surface area contributed by atoms with Gasteiger partial charge in [0, 0.05) is 30.4 Å². The van der Waals surface area contributed by atoms with Crippen molar-refractivity contribution in [2.45, 2.75) is 19.3 Å².